The van der Waals surface area contributed by atoms with Crippen LogP contribution in [0.5, 0.6) is 0 Å². The lowest BCUT2D eigenvalue weighted by molar-refractivity contribution is 0.620. The van der Waals surface area contributed by atoms with Gasteiger partial charge < -0.3 is 10.6 Å². The van der Waals surface area contributed by atoms with Crippen LogP contribution in [0, 0.1) is 12.7 Å². The van der Waals surface area contributed by atoms with Crippen molar-refractivity contribution >= 4 is 11.4 Å². The number of rotatable bonds is 5. The van der Waals surface area contributed by atoms with Crippen LogP contribution in [0.2, 0.25) is 0 Å². The van der Waals surface area contributed by atoms with E-state index >= 15 is 0 Å². The van der Waals surface area contributed by atoms with Crippen LogP contribution in [0.1, 0.15) is 25.0 Å². The second kappa shape index (κ2) is 6.72. The van der Waals surface area contributed by atoms with Gasteiger partial charge in [-0.3, -0.25) is 0 Å². The maximum atomic E-state index is 14.4. The van der Waals surface area contributed by atoms with E-state index in [9.17, 15) is 4.39 Å². The second-order valence-corrected chi connectivity index (χ2v) is 5.55. The molecule has 2 rings (SSSR count). The first kappa shape index (κ1) is 15.5. The van der Waals surface area contributed by atoms with E-state index in [4.69, 9.17) is 5.73 Å². The van der Waals surface area contributed by atoms with Gasteiger partial charge in [0.15, 0.2) is 0 Å². The third-order valence-electron chi connectivity index (χ3n) is 3.52. The fourth-order valence-electron chi connectivity index (χ4n) is 2.48. The van der Waals surface area contributed by atoms with E-state index in [1.54, 1.807) is 6.07 Å². The molecule has 0 bridgehead atoms. The molecule has 2 aromatic rings. The number of hydrogen-bond donors (Lipinski definition) is 1. The molecular formula is C18H23FN2. The average molecular weight is 286 g/mol. The molecular weight excluding hydrogens is 263 g/mol. The minimum Gasteiger partial charge on any atom is -0.339 e. The molecule has 2 N–H and O–H groups in total. The van der Waals surface area contributed by atoms with Crippen LogP contribution >= 0.6 is 0 Å². The van der Waals surface area contributed by atoms with E-state index in [0.29, 0.717) is 18.7 Å². The number of hydrogen-bond acceptors (Lipinski definition) is 2. The van der Waals surface area contributed by atoms with E-state index < -0.39 is 0 Å². The van der Waals surface area contributed by atoms with Crippen LogP contribution in [0.25, 0.3) is 0 Å². The zero-order valence-corrected chi connectivity index (χ0v) is 12.9. The van der Waals surface area contributed by atoms with Crippen molar-refractivity contribution in [1.82, 2.24) is 0 Å². The van der Waals surface area contributed by atoms with Gasteiger partial charge in [-0.15, -0.1) is 0 Å². The highest BCUT2D eigenvalue weighted by Gasteiger charge is 2.13. The highest BCUT2D eigenvalue weighted by molar-refractivity contribution is 5.64. The van der Waals surface area contributed by atoms with Crippen molar-refractivity contribution in [3.8, 4) is 0 Å². The van der Waals surface area contributed by atoms with Crippen molar-refractivity contribution in [3.63, 3.8) is 0 Å². The monoisotopic (exact) mass is 286 g/mol. The predicted octanol–water partition coefficient (Wildman–Crippen LogP) is 4.18. The van der Waals surface area contributed by atoms with Crippen molar-refractivity contribution < 1.29 is 4.39 Å². The molecule has 0 aliphatic heterocycles. The number of aryl methyl sites for hydroxylation is 1. The molecule has 112 valence electrons. The molecule has 2 nitrogen and oxygen atoms in total. The SMILES string of the molecule is CCN(c1ccc(C)cc1)c1ccc(CC(C)N)cc1F. The molecule has 0 fully saturated rings. The highest BCUT2D eigenvalue weighted by atomic mass is 19.1. The van der Waals surface area contributed by atoms with Crippen molar-refractivity contribution in [3.05, 3.63) is 59.4 Å². The molecule has 0 aromatic heterocycles. The number of benzene rings is 2. The zero-order valence-electron chi connectivity index (χ0n) is 12.9. The molecule has 0 saturated heterocycles. The molecule has 0 saturated carbocycles. The lowest BCUT2D eigenvalue weighted by Crippen LogP contribution is -2.19. The number of anilines is 2. The average Bonchev–Trinajstić information content (AvgIpc) is 2.43. The Kier molecular flexibility index (Phi) is 4.97. The molecule has 3 heteroatoms. The quantitative estimate of drug-likeness (QED) is 0.893. The molecule has 21 heavy (non-hydrogen) atoms. The predicted molar refractivity (Wildman–Crippen MR) is 87.6 cm³/mol. The summed E-state index contributed by atoms with van der Waals surface area (Å²) in [5, 5.41) is 0. The molecule has 1 atom stereocenters. The smallest absolute Gasteiger partial charge is 0.147 e. The Morgan fingerprint density at radius 3 is 2.33 bits per heavy atom. The fraction of sp³-hybridized carbons (Fsp3) is 0.333. The molecule has 0 spiro atoms. The Bertz CT molecular complexity index is 591. The van der Waals surface area contributed by atoms with Crippen LogP contribution in [0.3, 0.4) is 0 Å². The normalized spacial score (nSPS) is 12.2. The van der Waals surface area contributed by atoms with Crippen molar-refractivity contribution in [2.24, 2.45) is 5.73 Å². The molecule has 0 aliphatic rings. The molecule has 0 heterocycles. The van der Waals surface area contributed by atoms with Gasteiger partial charge in [-0.05, 0) is 57.0 Å². The Morgan fingerprint density at radius 1 is 1.14 bits per heavy atom. The van der Waals surface area contributed by atoms with E-state index in [1.807, 2.05) is 62.1 Å². The van der Waals surface area contributed by atoms with E-state index in [-0.39, 0.29) is 11.9 Å². The molecule has 0 aliphatic carbocycles. The van der Waals surface area contributed by atoms with Gasteiger partial charge in [0.25, 0.3) is 0 Å². The van der Waals surface area contributed by atoms with E-state index in [2.05, 4.69) is 0 Å². The minimum absolute atomic E-state index is 0.0367. The Balaban J connectivity index is 2.32. The summed E-state index contributed by atoms with van der Waals surface area (Å²) in [7, 11) is 0. The Morgan fingerprint density at radius 2 is 1.81 bits per heavy atom. The van der Waals surface area contributed by atoms with Gasteiger partial charge in [0, 0.05) is 18.3 Å². The first-order valence-electron chi connectivity index (χ1n) is 7.39. The topological polar surface area (TPSA) is 29.3 Å². The summed E-state index contributed by atoms with van der Waals surface area (Å²) in [6.45, 7) is 6.71. The summed E-state index contributed by atoms with van der Waals surface area (Å²) >= 11 is 0. The van der Waals surface area contributed by atoms with Gasteiger partial charge in [0.2, 0.25) is 0 Å². The van der Waals surface area contributed by atoms with Crippen molar-refractivity contribution in [2.75, 3.05) is 11.4 Å². The van der Waals surface area contributed by atoms with E-state index in [1.165, 1.54) is 5.56 Å². The number of halogens is 1. The van der Waals surface area contributed by atoms with Gasteiger partial charge in [-0.1, -0.05) is 23.8 Å². The van der Waals surface area contributed by atoms with Crippen LogP contribution in [0.4, 0.5) is 15.8 Å². The Hall–Kier alpha value is -1.87. The first-order valence-corrected chi connectivity index (χ1v) is 7.39. The second-order valence-electron chi connectivity index (χ2n) is 5.55. The zero-order chi connectivity index (χ0) is 15.4. The molecule has 1 unspecified atom stereocenters. The van der Waals surface area contributed by atoms with Crippen LogP contribution in [0.15, 0.2) is 42.5 Å². The summed E-state index contributed by atoms with van der Waals surface area (Å²) in [4.78, 5) is 1.98. The van der Waals surface area contributed by atoms with Crippen LogP contribution in [-0.2, 0) is 6.42 Å². The largest absolute Gasteiger partial charge is 0.339 e. The fourth-order valence-corrected chi connectivity index (χ4v) is 2.48. The summed E-state index contributed by atoms with van der Waals surface area (Å²) in [6, 6.07) is 13.6. The maximum absolute atomic E-state index is 14.4. The van der Waals surface area contributed by atoms with Gasteiger partial charge in [0.05, 0.1) is 5.69 Å². The summed E-state index contributed by atoms with van der Waals surface area (Å²) in [6.07, 6.45) is 0.688. The van der Waals surface area contributed by atoms with Gasteiger partial charge >= 0.3 is 0 Å². The minimum atomic E-state index is -0.199. The van der Waals surface area contributed by atoms with Gasteiger partial charge in [-0.2, -0.15) is 0 Å². The lowest BCUT2D eigenvalue weighted by atomic mass is 10.1. The molecule has 2 aromatic carbocycles. The van der Waals surface area contributed by atoms with Crippen molar-refractivity contribution in [2.45, 2.75) is 33.2 Å². The standard InChI is InChI=1S/C18H23FN2/c1-4-21(16-8-5-13(2)6-9-16)18-10-7-15(11-14(3)20)12-17(18)19/h5-10,12,14H,4,11,20H2,1-3H3. The first-order chi connectivity index (χ1) is 10.0. The Labute approximate surface area is 126 Å². The molecule has 0 radical (unpaired) electrons. The van der Waals surface area contributed by atoms with E-state index in [0.717, 1.165) is 11.3 Å². The van der Waals surface area contributed by atoms with Crippen LogP contribution in [-0.4, -0.2) is 12.6 Å². The van der Waals surface area contributed by atoms with Crippen LogP contribution < -0.4 is 10.6 Å². The van der Waals surface area contributed by atoms with Gasteiger partial charge in [-0.25, -0.2) is 4.39 Å². The number of nitrogens with two attached hydrogens (primary N) is 1. The number of nitrogens with zero attached hydrogens (tertiary/aromatic N) is 1. The van der Waals surface area contributed by atoms with Gasteiger partial charge in [0.1, 0.15) is 5.82 Å². The molecule has 0 amide bonds. The highest BCUT2D eigenvalue weighted by Crippen LogP contribution is 2.28. The summed E-state index contributed by atoms with van der Waals surface area (Å²) in [5.41, 5.74) is 9.51. The third-order valence-corrected chi connectivity index (χ3v) is 3.52. The summed E-state index contributed by atoms with van der Waals surface area (Å²) < 4.78 is 14.4. The maximum Gasteiger partial charge on any atom is 0.147 e. The summed E-state index contributed by atoms with van der Waals surface area (Å²) in [5.74, 6) is -0.199. The lowest BCUT2D eigenvalue weighted by Gasteiger charge is -2.24. The van der Waals surface area contributed by atoms with Crippen molar-refractivity contribution in [1.29, 1.82) is 0 Å². The third kappa shape index (κ3) is 3.82.